The Morgan fingerprint density at radius 2 is 1.31 bits per heavy atom. The number of ether oxygens (including phenoxy) is 1. The standard InChI is InChI=1S/C31H40O4Si/c1-24(22-34-23-26-15-9-6-10-16-26)29(32)21-30(33)25(2)35-36(31(3,4)5,27-17-11-7-12-18-27)28-19-13-8-14-20-28/h6-20,24-25,30,33H,21-23H2,1-5H3/t24-,25-,30+/m0/s1. The van der Waals surface area contributed by atoms with Crippen LogP contribution in [0.3, 0.4) is 0 Å². The van der Waals surface area contributed by atoms with E-state index >= 15 is 0 Å². The highest BCUT2D eigenvalue weighted by Crippen LogP contribution is 2.38. The van der Waals surface area contributed by atoms with Crippen molar-refractivity contribution in [1.82, 2.24) is 0 Å². The van der Waals surface area contributed by atoms with Crippen LogP contribution in [0.4, 0.5) is 0 Å². The van der Waals surface area contributed by atoms with Gasteiger partial charge in [-0.2, -0.15) is 0 Å². The number of rotatable bonds is 12. The van der Waals surface area contributed by atoms with E-state index in [1.54, 1.807) is 0 Å². The minimum atomic E-state index is -2.81. The molecule has 5 heteroatoms. The van der Waals surface area contributed by atoms with Crippen LogP contribution in [0.2, 0.25) is 5.04 Å². The van der Waals surface area contributed by atoms with Crippen molar-refractivity contribution in [2.24, 2.45) is 5.92 Å². The summed E-state index contributed by atoms with van der Waals surface area (Å²) in [7, 11) is -2.81. The molecule has 192 valence electrons. The van der Waals surface area contributed by atoms with Gasteiger partial charge < -0.3 is 14.3 Å². The molecule has 0 spiro atoms. The first-order valence-corrected chi connectivity index (χ1v) is 14.7. The van der Waals surface area contributed by atoms with Crippen LogP contribution in [-0.2, 0) is 20.6 Å². The van der Waals surface area contributed by atoms with E-state index < -0.39 is 20.5 Å². The second-order valence-electron chi connectivity index (χ2n) is 10.6. The molecule has 1 N–H and O–H groups in total. The maximum Gasteiger partial charge on any atom is 0.261 e. The van der Waals surface area contributed by atoms with Crippen molar-refractivity contribution in [3.63, 3.8) is 0 Å². The molecule has 0 saturated carbocycles. The summed E-state index contributed by atoms with van der Waals surface area (Å²) in [4.78, 5) is 12.9. The molecule has 36 heavy (non-hydrogen) atoms. The predicted octanol–water partition coefficient (Wildman–Crippen LogP) is 5.12. The molecule has 0 heterocycles. The van der Waals surface area contributed by atoms with Crippen LogP contribution in [0.1, 0.15) is 46.6 Å². The summed E-state index contributed by atoms with van der Waals surface area (Å²) < 4.78 is 12.7. The number of hydrogen-bond donors (Lipinski definition) is 1. The number of hydrogen-bond acceptors (Lipinski definition) is 4. The molecule has 3 rings (SSSR count). The SMILES string of the molecule is C[C@H](O[Si](c1ccccc1)(c1ccccc1)C(C)(C)C)[C@H](O)CC(=O)[C@@H](C)COCc1ccccc1. The fraction of sp³-hybridized carbons (Fsp3) is 0.387. The van der Waals surface area contributed by atoms with Gasteiger partial charge in [-0.3, -0.25) is 4.79 Å². The molecule has 3 aromatic carbocycles. The van der Waals surface area contributed by atoms with Gasteiger partial charge in [0.05, 0.1) is 25.4 Å². The van der Waals surface area contributed by atoms with Crippen molar-refractivity contribution in [2.45, 2.75) is 64.9 Å². The fourth-order valence-electron chi connectivity index (χ4n) is 4.64. The van der Waals surface area contributed by atoms with E-state index in [4.69, 9.17) is 9.16 Å². The van der Waals surface area contributed by atoms with Gasteiger partial charge in [0.15, 0.2) is 0 Å². The van der Waals surface area contributed by atoms with Gasteiger partial charge in [-0.1, -0.05) is 119 Å². The first-order chi connectivity index (χ1) is 17.1. The molecule has 0 amide bonds. The minimum Gasteiger partial charge on any atom is -0.402 e. The Kier molecular flexibility index (Phi) is 9.80. The average molecular weight is 505 g/mol. The van der Waals surface area contributed by atoms with Gasteiger partial charge in [-0.15, -0.1) is 0 Å². The van der Waals surface area contributed by atoms with Gasteiger partial charge in [-0.25, -0.2) is 0 Å². The Morgan fingerprint density at radius 1 is 0.833 bits per heavy atom. The monoisotopic (exact) mass is 504 g/mol. The molecular formula is C31H40O4Si. The minimum absolute atomic E-state index is 0.0199. The Bertz CT molecular complexity index is 1020. The van der Waals surface area contributed by atoms with E-state index in [1.165, 1.54) is 0 Å². The molecule has 0 bridgehead atoms. The first-order valence-electron chi connectivity index (χ1n) is 12.8. The van der Waals surface area contributed by atoms with Crippen LogP contribution in [0.25, 0.3) is 0 Å². The fourth-order valence-corrected chi connectivity index (χ4v) is 9.37. The molecule has 0 fully saturated rings. The zero-order valence-electron chi connectivity index (χ0n) is 22.2. The van der Waals surface area contributed by atoms with E-state index in [0.717, 1.165) is 15.9 Å². The Balaban J connectivity index is 1.72. The molecule has 0 unspecified atom stereocenters. The van der Waals surface area contributed by atoms with Gasteiger partial charge in [0.2, 0.25) is 0 Å². The number of aliphatic hydroxyl groups is 1. The van der Waals surface area contributed by atoms with Crippen LogP contribution < -0.4 is 10.4 Å². The maximum atomic E-state index is 12.9. The smallest absolute Gasteiger partial charge is 0.261 e. The second kappa shape index (κ2) is 12.6. The van der Waals surface area contributed by atoms with Crippen LogP contribution in [0.5, 0.6) is 0 Å². The Hall–Kier alpha value is -2.57. The van der Waals surface area contributed by atoms with Crippen LogP contribution in [0, 0.1) is 5.92 Å². The van der Waals surface area contributed by atoms with E-state index in [0.29, 0.717) is 13.2 Å². The summed E-state index contributed by atoms with van der Waals surface area (Å²) in [6.07, 6.45) is -1.39. The molecule has 3 atom stereocenters. The number of Topliss-reactive ketones (excluding diaryl/α,β-unsaturated/α-hetero) is 1. The third kappa shape index (κ3) is 6.80. The molecular weight excluding hydrogens is 464 g/mol. The maximum absolute atomic E-state index is 12.9. The quantitative estimate of drug-likeness (QED) is 0.348. The van der Waals surface area contributed by atoms with E-state index in [9.17, 15) is 9.90 Å². The number of carbonyl (C=O) groups excluding carboxylic acids is 1. The summed E-state index contributed by atoms with van der Waals surface area (Å²) in [6, 6.07) is 30.6. The lowest BCUT2D eigenvalue weighted by atomic mass is 10.00. The molecule has 0 saturated heterocycles. The Morgan fingerprint density at radius 3 is 1.78 bits per heavy atom. The highest BCUT2D eigenvalue weighted by atomic mass is 28.4. The van der Waals surface area contributed by atoms with E-state index in [2.05, 4.69) is 45.0 Å². The summed E-state index contributed by atoms with van der Waals surface area (Å²) in [5.41, 5.74) is 1.07. The summed E-state index contributed by atoms with van der Waals surface area (Å²) in [5, 5.41) is 13.2. The van der Waals surface area contributed by atoms with Crippen molar-refractivity contribution in [1.29, 1.82) is 0 Å². The van der Waals surface area contributed by atoms with E-state index in [-0.39, 0.29) is 23.2 Å². The molecule has 4 nitrogen and oxygen atoms in total. The molecule has 0 aromatic heterocycles. The largest absolute Gasteiger partial charge is 0.402 e. The van der Waals surface area contributed by atoms with Crippen LogP contribution >= 0.6 is 0 Å². The highest BCUT2D eigenvalue weighted by Gasteiger charge is 2.51. The number of aliphatic hydroxyl groups excluding tert-OH is 1. The average Bonchev–Trinajstić information content (AvgIpc) is 2.88. The third-order valence-corrected chi connectivity index (χ3v) is 11.9. The van der Waals surface area contributed by atoms with Crippen LogP contribution in [0.15, 0.2) is 91.0 Å². The second-order valence-corrected chi connectivity index (χ2v) is 14.9. The van der Waals surface area contributed by atoms with Crippen molar-refractivity contribution >= 4 is 24.5 Å². The lowest BCUT2D eigenvalue weighted by molar-refractivity contribution is -0.127. The predicted molar refractivity (Wildman–Crippen MR) is 149 cm³/mol. The molecule has 0 aliphatic carbocycles. The van der Waals surface area contributed by atoms with Crippen LogP contribution in [-0.4, -0.2) is 38.0 Å². The topological polar surface area (TPSA) is 55.8 Å². The number of carbonyl (C=O) groups is 1. The zero-order chi connectivity index (χ0) is 26.2. The van der Waals surface area contributed by atoms with Crippen molar-refractivity contribution in [3.8, 4) is 0 Å². The summed E-state index contributed by atoms with van der Waals surface area (Å²) >= 11 is 0. The normalized spacial score (nSPS) is 14.7. The zero-order valence-corrected chi connectivity index (χ0v) is 23.2. The molecule has 0 aliphatic heterocycles. The number of benzene rings is 3. The molecule has 0 radical (unpaired) electrons. The Labute approximate surface area is 217 Å². The lowest BCUT2D eigenvalue weighted by Gasteiger charge is -2.45. The first kappa shape index (κ1) is 28.0. The van der Waals surface area contributed by atoms with Gasteiger partial charge in [-0.05, 0) is 27.9 Å². The van der Waals surface area contributed by atoms with Crippen molar-refractivity contribution in [3.05, 3.63) is 96.6 Å². The van der Waals surface area contributed by atoms with Gasteiger partial charge >= 0.3 is 0 Å². The van der Waals surface area contributed by atoms with Gasteiger partial charge in [0, 0.05) is 12.3 Å². The van der Waals surface area contributed by atoms with Crippen molar-refractivity contribution in [2.75, 3.05) is 6.61 Å². The highest BCUT2D eigenvalue weighted by molar-refractivity contribution is 6.99. The van der Waals surface area contributed by atoms with Gasteiger partial charge in [0.1, 0.15) is 5.78 Å². The molecule has 3 aromatic rings. The van der Waals surface area contributed by atoms with E-state index in [1.807, 2.05) is 80.6 Å². The summed E-state index contributed by atoms with van der Waals surface area (Å²) in [6.45, 7) is 11.1. The number of ketones is 1. The van der Waals surface area contributed by atoms with Gasteiger partial charge in [0.25, 0.3) is 8.32 Å². The molecule has 0 aliphatic rings. The third-order valence-electron chi connectivity index (χ3n) is 6.76. The lowest BCUT2D eigenvalue weighted by Crippen LogP contribution is -2.68. The van der Waals surface area contributed by atoms with Crippen molar-refractivity contribution < 1.29 is 19.1 Å². The summed E-state index contributed by atoms with van der Waals surface area (Å²) in [5.74, 6) is -0.322.